The Morgan fingerprint density at radius 3 is 2.51 bits per heavy atom. The highest BCUT2D eigenvalue weighted by Crippen LogP contribution is 2.30. The van der Waals surface area contributed by atoms with Crippen LogP contribution < -0.4 is 10.5 Å². The molecule has 2 aromatic heterocycles. The van der Waals surface area contributed by atoms with E-state index < -0.39 is 33.3 Å². The number of rotatable bonds is 9. The molecule has 0 spiro atoms. The van der Waals surface area contributed by atoms with Crippen LogP contribution in [0, 0.1) is 5.82 Å². The van der Waals surface area contributed by atoms with Gasteiger partial charge in [-0.2, -0.15) is 0 Å². The third-order valence-corrected chi connectivity index (χ3v) is 8.47. The van der Waals surface area contributed by atoms with E-state index in [0.29, 0.717) is 5.56 Å². The quantitative estimate of drug-likeness (QED) is 0.341. The normalized spacial score (nSPS) is 14.1. The first-order chi connectivity index (χ1) is 16.5. The molecule has 1 atom stereocenters. The number of benzene rings is 1. The second kappa shape index (κ2) is 10.4. The summed E-state index contributed by atoms with van der Waals surface area (Å²) in [5, 5.41) is 3.92. The Labute approximate surface area is 200 Å². The second-order valence-corrected chi connectivity index (χ2v) is 10.9. The van der Waals surface area contributed by atoms with Gasteiger partial charge in [0.25, 0.3) is 6.43 Å². The highest BCUT2D eigenvalue weighted by atomic mass is 32.2. The maximum absolute atomic E-state index is 14.7. The molecule has 13 heteroatoms. The van der Waals surface area contributed by atoms with E-state index in [4.69, 9.17) is 15.0 Å². The minimum atomic E-state index is -3.04. The van der Waals surface area contributed by atoms with Gasteiger partial charge in [0.05, 0.1) is 27.9 Å². The van der Waals surface area contributed by atoms with Gasteiger partial charge in [0, 0.05) is 31.3 Å². The third kappa shape index (κ3) is 5.61. The number of aromatic nitrogens is 3. The number of alkyl halides is 2. The predicted octanol–water partition coefficient (Wildman–Crippen LogP) is 3.95. The zero-order chi connectivity index (χ0) is 25.8. The lowest BCUT2D eigenvalue weighted by molar-refractivity contribution is 0.0815. The summed E-state index contributed by atoms with van der Waals surface area (Å²) >= 11 is 0. The van der Waals surface area contributed by atoms with Crippen molar-refractivity contribution < 1.29 is 26.6 Å². The van der Waals surface area contributed by atoms with Crippen LogP contribution in [-0.2, 0) is 15.5 Å². The lowest BCUT2D eigenvalue weighted by Gasteiger charge is -2.28. The van der Waals surface area contributed by atoms with Crippen molar-refractivity contribution in [2.45, 2.75) is 30.8 Å². The van der Waals surface area contributed by atoms with Gasteiger partial charge in [-0.25, -0.2) is 31.7 Å². The van der Waals surface area contributed by atoms with E-state index in [1.165, 1.54) is 44.7 Å². The number of nitrogens with zero attached hydrogens (tertiary/aromatic N) is 5. The maximum Gasteiger partial charge on any atom is 0.272 e. The predicted molar refractivity (Wildman–Crippen MR) is 126 cm³/mol. The number of aliphatic imine (C=N–C) groups is 1. The highest BCUT2D eigenvalue weighted by Gasteiger charge is 2.36. The summed E-state index contributed by atoms with van der Waals surface area (Å²) < 4.78 is 66.1. The van der Waals surface area contributed by atoms with Crippen LogP contribution in [0.1, 0.15) is 19.4 Å². The third-order valence-electron chi connectivity index (χ3n) is 5.37. The van der Waals surface area contributed by atoms with E-state index in [-0.39, 0.29) is 40.2 Å². The molecule has 0 saturated heterocycles. The molecular formula is C22H25F3N6O3S. The summed E-state index contributed by atoms with van der Waals surface area (Å²) in [4.78, 5) is 12.0. The number of hydrogen-bond acceptors (Lipinski definition) is 8. The topological polar surface area (TPSA) is 129 Å². The largest absolute Gasteiger partial charge is 0.484 e. The van der Waals surface area contributed by atoms with Crippen LogP contribution in [0.2, 0.25) is 0 Å². The minimum Gasteiger partial charge on any atom is -0.484 e. The van der Waals surface area contributed by atoms with Crippen molar-refractivity contribution in [2.75, 3.05) is 20.7 Å². The van der Waals surface area contributed by atoms with Gasteiger partial charge >= 0.3 is 0 Å². The maximum atomic E-state index is 14.7. The van der Waals surface area contributed by atoms with Crippen molar-refractivity contribution in [2.24, 2.45) is 15.1 Å². The summed E-state index contributed by atoms with van der Waals surface area (Å²) in [6.07, 6.45) is -0.129. The fourth-order valence-corrected chi connectivity index (χ4v) is 5.16. The molecule has 188 valence electrons. The Hall–Kier alpha value is -3.48. The molecule has 1 aromatic carbocycles. The minimum absolute atomic E-state index is 0.0857. The summed E-state index contributed by atoms with van der Waals surface area (Å²) in [7, 11) is -0.146. The van der Waals surface area contributed by atoms with E-state index in [1.54, 1.807) is 19.9 Å². The molecule has 3 aromatic rings. The molecule has 0 fully saturated rings. The van der Waals surface area contributed by atoms with Crippen molar-refractivity contribution in [3.63, 3.8) is 0 Å². The molecule has 0 aliphatic carbocycles. The van der Waals surface area contributed by atoms with Gasteiger partial charge in [0.1, 0.15) is 23.0 Å². The van der Waals surface area contributed by atoms with Crippen LogP contribution in [0.15, 0.2) is 50.5 Å². The molecule has 2 heterocycles. The van der Waals surface area contributed by atoms with Gasteiger partial charge < -0.3 is 15.0 Å². The van der Waals surface area contributed by atoms with Crippen molar-refractivity contribution >= 4 is 15.6 Å². The fourth-order valence-electron chi connectivity index (χ4n) is 3.15. The van der Waals surface area contributed by atoms with Crippen molar-refractivity contribution in [3.8, 4) is 28.6 Å². The van der Waals surface area contributed by atoms with E-state index in [0.717, 1.165) is 0 Å². The zero-order valence-corrected chi connectivity index (χ0v) is 20.4. The molecule has 0 radical (unpaired) electrons. The molecule has 3 rings (SSSR count). The van der Waals surface area contributed by atoms with Crippen LogP contribution in [-0.4, -0.2) is 57.0 Å². The van der Waals surface area contributed by atoms with Crippen LogP contribution in [0.5, 0.6) is 5.75 Å². The lowest BCUT2D eigenvalue weighted by Crippen LogP contribution is -2.45. The Bertz CT molecular complexity index is 1330. The number of nitrogens with two attached hydrogens (primary N) is 1. The summed E-state index contributed by atoms with van der Waals surface area (Å²) in [6, 6.07) is 5.77. The smallest absolute Gasteiger partial charge is 0.272 e. The summed E-state index contributed by atoms with van der Waals surface area (Å²) in [5.74, 6) is -0.0585. The standard InChI is InChI=1S/C22H25F3N6O3S/c1-22(2,21(26)27-3)35(32,28-4)12-14-7-13(5-6-16(14)23)18-8-17(31-34-18)20-29-9-15(10-30-20)33-11-19(24)25/h5-10,19H,11-12H2,1-4H3,(H2,26,27). The number of amidine groups is 1. The Morgan fingerprint density at radius 2 is 1.91 bits per heavy atom. The molecule has 0 bridgehead atoms. The fraction of sp³-hybridized carbons (Fsp3) is 0.364. The van der Waals surface area contributed by atoms with E-state index in [9.17, 15) is 17.4 Å². The molecule has 1 unspecified atom stereocenters. The van der Waals surface area contributed by atoms with E-state index in [1.807, 2.05) is 0 Å². The monoisotopic (exact) mass is 510 g/mol. The Balaban J connectivity index is 1.88. The Morgan fingerprint density at radius 1 is 1.23 bits per heavy atom. The van der Waals surface area contributed by atoms with Gasteiger partial charge in [-0.05, 0) is 32.0 Å². The number of hydrogen-bond donors (Lipinski definition) is 1. The van der Waals surface area contributed by atoms with Gasteiger partial charge in [-0.3, -0.25) is 4.99 Å². The van der Waals surface area contributed by atoms with E-state index in [2.05, 4.69) is 24.5 Å². The molecular weight excluding hydrogens is 485 g/mol. The van der Waals surface area contributed by atoms with Crippen LogP contribution >= 0.6 is 0 Å². The van der Waals surface area contributed by atoms with Crippen molar-refractivity contribution in [1.29, 1.82) is 0 Å². The average Bonchev–Trinajstić information content (AvgIpc) is 3.34. The van der Waals surface area contributed by atoms with Gasteiger partial charge in [0.2, 0.25) is 0 Å². The van der Waals surface area contributed by atoms with Crippen LogP contribution in [0.25, 0.3) is 22.8 Å². The average molecular weight is 511 g/mol. The van der Waals surface area contributed by atoms with Crippen LogP contribution in [0.4, 0.5) is 13.2 Å². The SMILES string of the molecule is CN=C(N)C(C)(C)S(=O)(Cc1cc(-c2cc(-c3ncc(OCC(F)F)cn3)no2)ccc1F)=NC. The molecule has 0 saturated carbocycles. The number of ether oxygens (including phenoxy) is 1. The van der Waals surface area contributed by atoms with E-state index >= 15 is 0 Å². The highest BCUT2D eigenvalue weighted by molar-refractivity contribution is 7.95. The first kappa shape index (κ1) is 26.1. The van der Waals surface area contributed by atoms with Gasteiger partial charge in [-0.15, -0.1) is 0 Å². The molecule has 0 amide bonds. The molecule has 9 nitrogen and oxygen atoms in total. The molecule has 0 aliphatic heterocycles. The molecule has 35 heavy (non-hydrogen) atoms. The summed E-state index contributed by atoms with van der Waals surface area (Å²) in [5.41, 5.74) is 6.87. The van der Waals surface area contributed by atoms with Crippen molar-refractivity contribution in [1.82, 2.24) is 15.1 Å². The van der Waals surface area contributed by atoms with Crippen LogP contribution in [0.3, 0.4) is 0 Å². The lowest BCUT2D eigenvalue weighted by atomic mass is 10.1. The first-order valence-corrected chi connectivity index (χ1v) is 12.0. The summed E-state index contributed by atoms with van der Waals surface area (Å²) in [6.45, 7) is 2.54. The van der Waals surface area contributed by atoms with Crippen molar-refractivity contribution in [3.05, 3.63) is 48.0 Å². The zero-order valence-electron chi connectivity index (χ0n) is 19.5. The molecule has 0 aliphatic rings. The number of halogens is 3. The Kier molecular flexibility index (Phi) is 7.78. The van der Waals surface area contributed by atoms with Gasteiger partial charge in [-0.1, -0.05) is 5.16 Å². The van der Waals surface area contributed by atoms with Gasteiger partial charge in [0.15, 0.2) is 23.0 Å². The molecule has 2 N–H and O–H groups in total. The second-order valence-electron chi connectivity index (χ2n) is 7.91. The first-order valence-electron chi connectivity index (χ1n) is 10.3.